The number of nitrogens with one attached hydrogen (secondary N) is 4. The number of aliphatic carboxylic acids is 1. The smallest absolute Gasteiger partial charge is 0.326 e. The lowest BCUT2D eigenvalue weighted by Crippen LogP contribution is -2.59. The Morgan fingerprint density at radius 3 is 2.21 bits per heavy atom. The van der Waals surface area contributed by atoms with Crippen molar-refractivity contribution in [3.63, 3.8) is 0 Å². The molecule has 0 aliphatic heterocycles. The van der Waals surface area contributed by atoms with Crippen LogP contribution in [-0.4, -0.2) is 64.5 Å². The summed E-state index contributed by atoms with van der Waals surface area (Å²) in [6, 6.07) is 12.6. The van der Waals surface area contributed by atoms with Gasteiger partial charge in [0, 0.05) is 23.5 Å². The first-order valence-electron chi connectivity index (χ1n) is 14.8. The number of carbonyl (C=O) groups is 4. The number of benzene rings is 2. The van der Waals surface area contributed by atoms with Crippen molar-refractivity contribution in [1.82, 2.24) is 20.9 Å². The normalized spacial score (nSPS) is 14.7. The van der Waals surface area contributed by atoms with Crippen molar-refractivity contribution in [2.45, 2.75) is 76.5 Å². The molecule has 3 rings (SSSR count). The second-order valence-corrected chi connectivity index (χ2v) is 11.0. The topological polar surface area (TPSA) is 192 Å². The van der Waals surface area contributed by atoms with Gasteiger partial charge in [0.25, 0.3) is 0 Å². The third-order valence-electron chi connectivity index (χ3n) is 7.72. The van der Waals surface area contributed by atoms with Crippen molar-refractivity contribution in [1.29, 1.82) is 0 Å². The van der Waals surface area contributed by atoms with Crippen LogP contribution in [0.25, 0.3) is 10.9 Å². The van der Waals surface area contributed by atoms with Crippen LogP contribution < -0.4 is 27.4 Å². The number of aromatic nitrogens is 1. The summed E-state index contributed by atoms with van der Waals surface area (Å²) in [5, 5.41) is 18.9. The number of para-hydroxylation sites is 1. The van der Waals surface area contributed by atoms with Crippen molar-refractivity contribution in [2.24, 2.45) is 17.4 Å². The summed E-state index contributed by atoms with van der Waals surface area (Å²) in [7, 11) is 0. The zero-order chi connectivity index (χ0) is 31.4. The number of nitrogens with two attached hydrogens (primary N) is 2. The van der Waals surface area contributed by atoms with Gasteiger partial charge in [-0.25, -0.2) is 4.79 Å². The van der Waals surface area contributed by atoms with Gasteiger partial charge in [0.1, 0.15) is 18.1 Å². The fourth-order valence-electron chi connectivity index (χ4n) is 4.94. The number of hydrogen-bond acceptors (Lipinski definition) is 6. The first-order valence-corrected chi connectivity index (χ1v) is 14.8. The van der Waals surface area contributed by atoms with Crippen LogP contribution in [0.1, 0.15) is 50.7 Å². The third-order valence-corrected chi connectivity index (χ3v) is 7.72. The lowest BCUT2D eigenvalue weighted by molar-refractivity contribution is -0.142. The second-order valence-electron chi connectivity index (χ2n) is 11.0. The van der Waals surface area contributed by atoms with E-state index in [1.165, 1.54) is 0 Å². The maximum Gasteiger partial charge on any atom is 0.326 e. The Morgan fingerprint density at radius 2 is 1.53 bits per heavy atom. The minimum Gasteiger partial charge on any atom is -0.480 e. The van der Waals surface area contributed by atoms with Crippen LogP contribution in [0.3, 0.4) is 0 Å². The SMILES string of the molecule is CCC(C)C(NC(=O)C(N)Cc1c[nH]c2ccccc12)C(=O)NC(CCCCN)C(=O)NC(Cc1ccccc1)C(=O)O. The highest BCUT2D eigenvalue weighted by Gasteiger charge is 2.32. The van der Waals surface area contributed by atoms with Crippen molar-refractivity contribution in [3.05, 3.63) is 71.9 Å². The van der Waals surface area contributed by atoms with Crippen molar-refractivity contribution in [2.75, 3.05) is 6.54 Å². The van der Waals surface area contributed by atoms with Gasteiger partial charge < -0.3 is 37.5 Å². The minimum absolute atomic E-state index is 0.0885. The van der Waals surface area contributed by atoms with Crippen LogP contribution in [-0.2, 0) is 32.0 Å². The Hall–Kier alpha value is -4.22. The number of carboxylic acids is 1. The molecular weight excluding hydrogens is 548 g/mol. The Balaban J connectivity index is 1.71. The van der Waals surface area contributed by atoms with E-state index in [2.05, 4.69) is 20.9 Å². The summed E-state index contributed by atoms with van der Waals surface area (Å²) in [5.74, 6) is -3.08. The standard InChI is InChI=1S/C32H44N6O5/c1-3-20(2)28(38-29(39)24(34)18-22-19-35-25-14-8-7-13-23(22)25)31(41)36-26(15-9-10-16-33)30(40)37-27(32(42)43)17-21-11-5-4-6-12-21/h4-8,11-14,19-20,24,26-28,35H,3,9-10,15-18,33-34H2,1-2H3,(H,36,41)(H,37,40)(H,38,39)(H,42,43). The van der Waals surface area contributed by atoms with Gasteiger partial charge in [-0.1, -0.05) is 68.8 Å². The summed E-state index contributed by atoms with van der Waals surface area (Å²) < 4.78 is 0. The number of carboxylic acid groups (broad SMARTS) is 1. The van der Waals surface area contributed by atoms with Gasteiger partial charge in [0.2, 0.25) is 17.7 Å². The second kappa shape index (κ2) is 16.4. The maximum absolute atomic E-state index is 13.6. The largest absolute Gasteiger partial charge is 0.480 e. The number of carbonyl (C=O) groups excluding carboxylic acids is 3. The highest BCUT2D eigenvalue weighted by molar-refractivity contribution is 5.94. The van der Waals surface area contributed by atoms with E-state index in [1.54, 1.807) is 24.3 Å². The Bertz CT molecular complexity index is 1360. The molecular formula is C32H44N6O5. The molecule has 1 heterocycles. The summed E-state index contributed by atoms with van der Waals surface area (Å²) in [6.45, 7) is 4.14. The fourth-order valence-corrected chi connectivity index (χ4v) is 4.94. The Kier molecular flexibility index (Phi) is 12.7. The zero-order valence-electron chi connectivity index (χ0n) is 24.8. The van der Waals surface area contributed by atoms with Gasteiger partial charge in [0.05, 0.1) is 6.04 Å². The molecule has 2 aromatic carbocycles. The highest BCUT2D eigenvalue weighted by atomic mass is 16.4. The zero-order valence-corrected chi connectivity index (χ0v) is 24.8. The van der Waals surface area contributed by atoms with Crippen molar-refractivity contribution >= 4 is 34.6 Å². The van der Waals surface area contributed by atoms with Crippen LogP contribution in [0, 0.1) is 5.92 Å². The Morgan fingerprint density at radius 1 is 0.860 bits per heavy atom. The van der Waals surface area contributed by atoms with Crippen molar-refractivity contribution < 1.29 is 24.3 Å². The summed E-state index contributed by atoms with van der Waals surface area (Å²) in [6.07, 6.45) is 4.19. The van der Waals surface area contributed by atoms with Crippen LogP contribution in [0.2, 0.25) is 0 Å². The average Bonchev–Trinajstić information content (AvgIpc) is 3.41. The molecule has 232 valence electrons. The molecule has 11 nitrogen and oxygen atoms in total. The van der Waals surface area contributed by atoms with E-state index in [0.717, 1.165) is 22.0 Å². The molecule has 9 N–H and O–H groups in total. The number of amides is 3. The van der Waals surface area contributed by atoms with Crippen molar-refractivity contribution in [3.8, 4) is 0 Å². The summed E-state index contributed by atoms with van der Waals surface area (Å²) in [5.41, 5.74) is 14.5. The fraction of sp³-hybridized carbons (Fsp3) is 0.438. The first-order chi connectivity index (χ1) is 20.6. The number of hydrogen-bond donors (Lipinski definition) is 7. The van der Waals surface area contributed by atoms with E-state index in [4.69, 9.17) is 11.5 Å². The molecule has 0 spiro atoms. The van der Waals surface area contributed by atoms with Gasteiger partial charge in [-0.05, 0) is 55.3 Å². The summed E-state index contributed by atoms with van der Waals surface area (Å²) in [4.78, 5) is 55.2. The molecule has 0 aliphatic rings. The van der Waals surface area contributed by atoms with Gasteiger partial charge in [-0.2, -0.15) is 0 Å². The Labute approximate surface area is 252 Å². The van der Waals surface area contributed by atoms with Crippen LogP contribution in [0.5, 0.6) is 0 Å². The van der Waals surface area contributed by atoms with E-state index in [0.29, 0.717) is 25.8 Å². The lowest BCUT2D eigenvalue weighted by Gasteiger charge is -2.28. The van der Waals surface area contributed by atoms with Gasteiger partial charge in [-0.15, -0.1) is 0 Å². The van der Waals surface area contributed by atoms with E-state index >= 15 is 0 Å². The quantitative estimate of drug-likeness (QED) is 0.117. The molecule has 3 aromatic rings. The van der Waals surface area contributed by atoms with E-state index in [9.17, 15) is 24.3 Å². The van der Waals surface area contributed by atoms with E-state index < -0.39 is 47.9 Å². The first kappa shape index (κ1) is 33.3. The number of rotatable bonds is 17. The van der Waals surface area contributed by atoms with E-state index in [1.807, 2.05) is 50.4 Å². The number of H-pyrrole nitrogens is 1. The van der Waals surface area contributed by atoms with Crippen LogP contribution >= 0.6 is 0 Å². The average molecular weight is 593 g/mol. The lowest BCUT2D eigenvalue weighted by atomic mass is 9.96. The highest BCUT2D eigenvalue weighted by Crippen LogP contribution is 2.19. The molecule has 0 aliphatic carbocycles. The molecule has 0 bridgehead atoms. The number of aromatic amines is 1. The predicted octanol–water partition coefficient (Wildman–Crippen LogP) is 1.99. The molecule has 11 heteroatoms. The molecule has 1 aromatic heterocycles. The van der Waals surface area contributed by atoms with Crippen LogP contribution in [0.15, 0.2) is 60.8 Å². The number of unbranched alkanes of at least 4 members (excludes halogenated alkanes) is 1. The molecule has 5 atom stereocenters. The van der Waals surface area contributed by atoms with Gasteiger partial charge in [0.15, 0.2) is 0 Å². The molecule has 0 saturated heterocycles. The van der Waals surface area contributed by atoms with E-state index in [-0.39, 0.29) is 25.2 Å². The molecule has 0 radical (unpaired) electrons. The maximum atomic E-state index is 13.6. The molecule has 0 fully saturated rings. The van der Waals surface area contributed by atoms with Gasteiger partial charge >= 0.3 is 5.97 Å². The van der Waals surface area contributed by atoms with Gasteiger partial charge in [-0.3, -0.25) is 14.4 Å². The third kappa shape index (κ3) is 9.65. The molecule has 43 heavy (non-hydrogen) atoms. The number of fused-ring (bicyclic) bond motifs is 1. The molecule has 0 saturated carbocycles. The summed E-state index contributed by atoms with van der Waals surface area (Å²) >= 11 is 0. The molecule has 5 unspecified atom stereocenters. The predicted molar refractivity (Wildman–Crippen MR) is 166 cm³/mol. The molecule has 3 amide bonds. The monoisotopic (exact) mass is 592 g/mol. The minimum atomic E-state index is -1.18. The van der Waals surface area contributed by atoms with Crippen LogP contribution in [0.4, 0.5) is 0 Å².